The van der Waals surface area contributed by atoms with Crippen LogP contribution in [0.25, 0.3) is 0 Å². The minimum Gasteiger partial charge on any atom is -0.371 e. The third kappa shape index (κ3) is 2.80. The number of para-hydroxylation sites is 1. The molecule has 5 fully saturated rings. The second-order valence-electron chi connectivity index (χ2n) is 8.92. The van der Waals surface area contributed by atoms with Gasteiger partial charge in [0.15, 0.2) is 0 Å². The van der Waals surface area contributed by atoms with Gasteiger partial charge >= 0.3 is 0 Å². The van der Waals surface area contributed by atoms with Crippen LogP contribution in [0.2, 0.25) is 0 Å². The van der Waals surface area contributed by atoms with Crippen LogP contribution in [0, 0.1) is 23.2 Å². The van der Waals surface area contributed by atoms with Crippen LogP contribution in [0.4, 0.5) is 5.69 Å². The van der Waals surface area contributed by atoms with E-state index in [1.807, 2.05) is 0 Å². The minimum atomic E-state index is 0. The van der Waals surface area contributed by atoms with Crippen LogP contribution in [0.1, 0.15) is 56.9 Å². The van der Waals surface area contributed by atoms with Crippen LogP contribution in [0.5, 0.6) is 0 Å². The summed E-state index contributed by atoms with van der Waals surface area (Å²) in [5.41, 5.74) is 3.90. The summed E-state index contributed by atoms with van der Waals surface area (Å²) in [4.78, 5) is 2.65. The molecule has 2 heteroatoms. The summed E-state index contributed by atoms with van der Waals surface area (Å²) in [6.07, 6.45) is 13.4. The van der Waals surface area contributed by atoms with E-state index in [9.17, 15) is 0 Å². The van der Waals surface area contributed by atoms with E-state index in [4.69, 9.17) is 0 Å². The molecule has 4 saturated carbocycles. The molecule has 4 bridgehead atoms. The molecule has 1 aromatic carbocycles. The van der Waals surface area contributed by atoms with Crippen LogP contribution >= 0.6 is 12.4 Å². The Morgan fingerprint density at radius 1 is 0.870 bits per heavy atom. The molecule has 0 aromatic heterocycles. The Morgan fingerprint density at radius 2 is 1.43 bits per heavy atom. The topological polar surface area (TPSA) is 3.24 Å². The molecule has 1 nitrogen and oxygen atoms in total. The number of halogens is 1. The first-order valence-corrected chi connectivity index (χ1v) is 9.63. The van der Waals surface area contributed by atoms with Crippen LogP contribution in [0.3, 0.4) is 0 Å². The number of benzene rings is 1. The Kier molecular flexibility index (Phi) is 4.12. The van der Waals surface area contributed by atoms with Gasteiger partial charge < -0.3 is 4.90 Å². The highest BCUT2D eigenvalue weighted by atomic mass is 35.5. The highest BCUT2D eigenvalue weighted by Gasteiger charge is 2.50. The largest absolute Gasteiger partial charge is 0.371 e. The predicted molar refractivity (Wildman–Crippen MR) is 99.4 cm³/mol. The fourth-order valence-corrected chi connectivity index (χ4v) is 6.84. The van der Waals surface area contributed by atoms with Crippen molar-refractivity contribution < 1.29 is 0 Å². The average molecular weight is 332 g/mol. The molecule has 6 rings (SSSR count). The first-order valence-electron chi connectivity index (χ1n) is 9.63. The van der Waals surface area contributed by atoms with Crippen LogP contribution in [-0.2, 0) is 6.42 Å². The molecular weight excluding hydrogens is 302 g/mol. The molecule has 0 radical (unpaired) electrons. The highest BCUT2D eigenvalue weighted by molar-refractivity contribution is 5.85. The molecule has 126 valence electrons. The smallest absolute Gasteiger partial charge is 0.0398 e. The number of rotatable bonds is 3. The monoisotopic (exact) mass is 331 g/mol. The van der Waals surface area contributed by atoms with Crippen molar-refractivity contribution in [3.05, 3.63) is 29.8 Å². The van der Waals surface area contributed by atoms with Gasteiger partial charge in [0.25, 0.3) is 0 Å². The zero-order valence-electron chi connectivity index (χ0n) is 14.2. The molecule has 0 N–H and O–H groups in total. The third-order valence-corrected chi connectivity index (χ3v) is 7.17. The maximum Gasteiger partial charge on any atom is 0.0398 e. The fraction of sp³-hybridized carbons (Fsp3) is 0.714. The van der Waals surface area contributed by atoms with Gasteiger partial charge in [-0.1, -0.05) is 18.2 Å². The molecule has 1 aliphatic heterocycles. The zero-order valence-corrected chi connectivity index (χ0v) is 15.0. The van der Waals surface area contributed by atoms with Crippen molar-refractivity contribution in [2.75, 3.05) is 18.0 Å². The fourth-order valence-electron chi connectivity index (χ4n) is 6.84. The van der Waals surface area contributed by atoms with Crippen molar-refractivity contribution in [3.8, 4) is 0 Å². The second kappa shape index (κ2) is 5.99. The SMILES string of the molecule is Cl.c1ccc(N2CCCC2)c(CC23CC4CC(CC(C4)C2)C3)c1. The lowest BCUT2D eigenvalue weighted by Crippen LogP contribution is -2.47. The molecule has 1 heterocycles. The van der Waals surface area contributed by atoms with Crippen molar-refractivity contribution in [2.24, 2.45) is 23.2 Å². The summed E-state index contributed by atoms with van der Waals surface area (Å²) in [6, 6.07) is 9.35. The van der Waals surface area contributed by atoms with Gasteiger partial charge in [0, 0.05) is 18.8 Å². The van der Waals surface area contributed by atoms with Crippen molar-refractivity contribution >= 4 is 18.1 Å². The van der Waals surface area contributed by atoms with Crippen LogP contribution < -0.4 is 4.90 Å². The standard InChI is InChI=1S/C21H29N.ClH/c1-2-6-20(22-7-3-4-8-22)19(5-1)15-21-12-16-9-17(13-21)11-18(10-16)14-21;/h1-2,5-6,16-18H,3-4,7-15H2;1H. The summed E-state index contributed by atoms with van der Waals surface area (Å²) in [6.45, 7) is 2.55. The maximum atomic E-state index is 2.65. The Hall–Kier alpha value is -0.690. The first kappa shape index (κ1) is 15.8. The molecule has 23 heavy (non-hydrogen) atoms. The van der Waals surface area contributed by atoms with Crippen molar-refractivity contribution in [2.45, 2.75) is 57.8 Å². The summed E-state index contributed by atoms with van der Waals surface area (Å²) in [7, 11) is 0. The quantitative estimate of drug-likeness (QED) is 0.710. The molecule has 5 aliphatic rings. The van der Waals surface area contributed by atoms with Crippen LogP contribution in [-0.4, -0.2) is 13.1 Å². The Balaban J connectivity index is 0.00000135. The average Bonchev–Trinajstić information content (AvgIpc) is 3.00. The third-order valence-electron chi connectivity index (χ3n) is 7.17. The lowest BCUT2D eigenvalue weighted by atomic mass is 9.48. The second-order valence-corrected chi connectivity index (χ2v) is 8.92. The molecule has 1 aromatic rings. The number of nitrogens with zero attached hydrogens (tertiary/aromatic N) is 1. The van der Waals surface area contributed by atoms with E-state index in [1.54, 1.807) is 30.5 Å². The molecule has 1 saturated heterocycles. The number of hydrogen-bond acceptors (Lipinski definition) is 1. The van der Waals surface area contributed by atoms with Gasteiger partial charge in [-0.25, -0.2) is 0 Å². The van der Waals surface area contributed by atoms with Gasteiger partial charge in [-0.2, -0.15) is 0 Å². The van der Waals surface area contributed by atoms with E-state index in [0.29, 0.717) is 5.41 Å². The molecular formula is C21H30ClN. The van der Waals surface area contributed by atoms with E-state index in [0.717, 1.165) is 17.8 Å². The summed E-state index contributed by atoms with van der Waals surface area (Å²) < 4.78 is 0. The molecule has 0 amide bonds. The summed E-state index contributed by atoms with van der Waals surface area (Å²) in [5.74, 6) is 3.22. The van der Waals surface area contributed by atoms with Gasteiger partial charge in [0.05, 0.1) is 0 Å². The first-order chi connectivity index (χ1) is 10.8. The van der Waals surface area contributed by atoms with Gasteiger partial charge in [0.2, 0.25) is 0 Å². The van der Waals surface area contributed by atoms with Crippen molar-refractivity contribution in [3.63, 3.8) is 0 Å². The van der Waals surface area contributed by atoms with E-state index in [1.165, 1.54) is 51.6 Å². The summed E-state index contributed by atoms with van der Waals surface area (Å²) in [5, 5.41) is 0. The minimum absolute atomic E-state index is 0. The zero-order chi connectivity index (χ0) is 14.6. The van der Waals surface area contributed by atoms with E-state index in [-0.39, 0.29) is 12.4 Å². The van der Waals surface area contributed by atoms with Crippen molar-refractivity contribution in [1.29, 1.82) is 0 Å². The molecule has 0 atom stereocenters. The van der Waals surface area contributed by atoms with Crippen LogP contribution in [0.15, 0.2) is 24.3 Å². The van der Waals surface area contributed by atoms with E-state index >= 15 is 0 Å². The van der Waals surface area contributed by atoms with E-state index in [2.05, 4.69) is 29.2 Å². The Labute approximate surface area is 147 Å². The molecule has 0 unspecified atom stereocenters. The van der Waals surface area contributed by atoms with Gasteiger partial charge in [-0.15, -0.1) is 12.4 Å². The van der Waals surface area contributed by atoms with Crippen molar-refractivity contribution in [1.82, 2.24) is 0 Å². The van der Waals surface area contributed by atoms with Gasteiger partial charge in [-0.05, 0) is 92.6 Å². The maximum absolute atomic E-state index is 2.65. The molecule has 0 spiro atoms. The number of anilines is 1. The van der Waals surface area contributed by atoms with Gasteiger partial charge in [0.1, 0.15) is 0 Å². The lowest BCUT2D eigenvalue weighted by molar-refractivity contribution is -0.0521. The lowest BCUT2D eigenvalue weighted by Gasteiger charge is -2.57. The highest BCUT2D eigenvalue weighted by Crippen LogP contribution is 2.61. The number of hydrogen-bond donors (Lipinski definition) is 0. The Bertz CT molecular complexity index is 525. The predicted octanol–water partition coefficient (Wildman–Crippen LogP) is 5.47. The summed E-state index contributed by atoms with van der Waals surface area (Å²) >= 11 is 0. The normalized spacial score (nSPS) is 37.9. The van der Waals surface area contributed by atoms with Gasteiger partial charge in [-0.3, -0.25) is 0 Å². The Morgan fingerprint density at radius 3 is 2.04 bits per heavy atom. The van der Waals surface area contributed by atoms with E-state index < -0.39 is 0 Å². The molecule has 4 aliphatic carbocycles.